The highest BCUT2D eigenvalue weighted by atomic mass is 127. The van der Waals surface area contributed by atoms with Crippen LogP contribution in [0.4, 0.5) is 0 Å². The molecule has 0 unspecified atom stereocenters. The molecule has 1 aliphatic rings. The maximum absolute atomic E-state index is 11.3. The molecule has 0 spiro atoms. The lowest BCUT2D eigenvalue weighted by molar-refractivity contribution is -0.128. The molecule has 1 aliphatic carbocycles. The lowest BCUT2D eigenvalue weighted by Crippen LogP contribution is -2.20. The highest BCUT2D eigenvalue weighted by molar-refractivity contribution is 14.1. The number of alkyl halides is 1. The zero-order valence-electron chi connectivity index (χ0n) is 12.0. The number of nitrogens with zero attached hydrogens (tertiary/aromatic N) is 1. The normalized spacial score (nSPS) is 21.9. The van der Waals surface area contributed by atoms with Gasteiger partial charge in [-0.05, 0) is 25.2 Å². The van der Waals surface area contributed by atoms with Gasteiger partial charge in [0.1, 0.15) is 0 Å². The summed E-state index contributed by atoms with van der Waals surface area (Å²) in [6.45, 7) is 0. The zero-order valence-corrected chi connectivity index (χ0v) is 14.1. The average Bonchev–Trinajstić information content (AvgIpc) is 3.02. The van der Waals surface area contributed by atoms with Crippen molar-refractivity contribution in [3.63, 3.8) is 0 Å². The summed E-state index contributed by atoms with van der Waals surface area (Å²) in [6.07, 6.45) is 12.8. The molecule has 1 fully saturated rings. The van der Waals surface area contributed by atoms with Crippen LogP contribution in [0.2, 0.25) is 0 Å². The van der Waals surface area contributed by atoms with E-state index in [1.54, 1.807) is 4.90 Å². The van der Waals surface area contributed by atoms with Crippen molar-refractivity contribution in [2.24, 2.45) is 5.92 Å². The first-order chi connectivity index (χ1) is 8.61. The fourth-order valence-corrected chi connectivity index (χ4v) is 3.31. The summed E-state index contributed by atoms with van der Waals surface area (Å²) in [6, 6.07) is 0. The summed E-state index contributed by atoms with van der Waals surface area (Å²) in [5.41, 5.74) is 0. The third-order valence-corrected chi connectivity index (χ3v) is 5.33. The minimum Gasteiger partial charge on any atom is -0.349 e. The monoisotopic (exact) mass is 365 g/mol. The first kappa shape index (κ1) is 16.3. The predicted octanol–water partition coefficient (Wildman–Crippen LogP) is 4.41. The molecule has 1 saturated carbocycles. The van der Waals surface area contributed by atoms with Gasteiger partial charge in [-0.2, -0.15) is 0 Å². The van der Waals surface area contributed by atoms with E-state index in [4.69, 9.17) is 0 Å². The Balaban J connectivity index is 1.74. The maximum atomic E-state index is 11.3. The van der Waals surface area contributed by atoms with Crippen molar-refractivity contribution < 1.29 is 4.79 Å². The van der Waals surface area contributed by atoms with Gasteiger partial charge in [0, 0.05) is 24.4 Å². The van der Waals surface area contributed by atoms with Crippen LogP contribution in [0.3, 0.4) is 0 Å². The molecule has 0 aliphatic heterocycles. The molecule has 0 aromatic rings. The van der Waals surface area contributed by atoms with Gasteiger partial charge in [-0.3, -0.25) is 4.79 Å². The Hall–Kier alpha value is 0.200. The minimum absolute atomic E-state index is 0.271. The summed E-state index contributed by atoms with van der Waals surface area (Å²) in [5.74, 6) is 1.33. The van der Waals surface area contributed by atoms with Gasteiger partial charge < -0.3 is 4.90 Å². The number of rotatable bonds is 10. The van der Waals surface area contributed by atoms with Crippen molar-refractivity contribution in [1.29, 1.82) is 0 Å². The van der Waals surface area contributed by atoms with Crippen LogP contribution in [0.25, 0.3) is 0 Å². The summed E-state index contributed by atoms with van der Waals surface area (Å²) in [4.78, 5) is 13.0. The summed E-state index contributed by atoms with van der Waals surface area (Å²) < 4.78 is 0.997. The Bertz CT molecular complexity index is 243. The maximum Gasteiger partial charge on any atom is 0.222 e. The molecular formula is C15H28INO. The van der Waals surface area contributed by atoms with Gasteiger partial charge in [0.05, 0.1) is 0 Å². The van der Waals surface area contributed by atoms with E-state index in [1.807, 2.05) is 14.1 Å². The zero-order chi connectivity index (χ0) is 13.4. The van der Waals surface area contributed by atoms with Crippen LogP contribution in [0.5, 0.6) is 0 Å². The Morgan fingerprint density at radius 2 is 1.56 bits per heavy atom. The third kappa shape index (κ3) is 7.59. The Morgan fingerprint density at radius 1 is 1.06 bits per heavy atom. The van der Waals surface area contributed by atoms with Gasteiger partial charge >= 0.3 is 0 Å². The van der Waals surface area contributed by atoms with Crippen molar-refractivity contribution >= 4 is 28.5 Å². The van der Waals surface area contributed by atoms with E-state index < -0.39 is 0 Å². The fourth-order valence-electron chi connectivity index (χ4n) is 2.30. The minimum atomic E-state index is 0.271. The number of amides is 1. The van der Waals surface area contributed by atoms with Crippen LogP contribution in [0.1, 0.15) is 64.2 Å². The van der Waals surface area contributed by atoms with E-state index in [2.05, 4.69) is 22.6 Å². The first-order valence-corrected chi connectivity index (χ1v) is 8.70. The van der Waals surface area contributed by atoms with Crippen molar-refractivity contribution in [2.75, 3.05) is 14.1 Å². The molecule has 0 aromatic heterocycles. The molecule has 0 heterocycles. The second kappa shape index (κ2) is 9.16. The number of hydrogen-bond acceptors (Lipinski definition) is 1. The van der Waals surface area contributed by atoms with Crippen LogP contribution < -0.4 is 0 Å². The molecular weight excluding hydrogens is 337 g/mol. The molecule has 1 rings (SSSR count). The SMILES string of the molecule is CN(C)C(=O)CCCCCCCCC[C@@H]1C[C@H]1I. The van der Waals surface area contributed by atoms with Gasteiger partial charge in [0.25, 0.3) is 0 Å². The lowest BCUT2D eigenvalue weighted by Gasteiger charge is -2.09. The van der Waals surface area contributed by atoms with Gasteiger partial charge in [-0.15, -0.1) is 0 Å². The molecule has 1 amide bonds. The second-order valence-electron chi connectivity index (χ2n) is 5.81. The second-order valence-corrected chi connectivity index (χ2v) is 7.41. The molecule has 0 aromatic carbocycles. The highest BCUT2D eigenvalue weighted by Gasteiger charge is 2.33. The number of carbonyl (C=O) groups is 1. The molecule has 0 saturated heterocycles. The first-order valence-electron chi connectivity index (χ1n) is 7.45. The number of carbonyl (C=O) groups excluding carboxylic acids is 1. The van der Waals surface area contributed by atoms with Crippen molar-refractivity contribution in [2.45, 2.75) is 68.1 Å². The average molecular weight is 365 g/mol. The summed E-state index contributed by atoms with van der Waals surface area (Å²) >= 11 is 2.58. The molecule has 106 valence electrons. The van der Waals surface area contributed by atoms with Crippen molar-refractivity contribution in [3.8, 4) is 0 Å². The summed E-state index contributed by atoms with van der Waals surface area (Å²) in [7, 11) is 3.67. The number of halogens is 1. The van der Waals surface area contributed by atoms with Crippen molar-refractivity contribution in [3.05, 3.63) is 0 Å². The number of hydrogen-bond donors (Lipinski definition) is 0. The van der Waals surface area contributed by atoms with Crippen LogP contribution in [-0.2, 0) is 4.79 Å². The smallest absolute Gasteiger partial charge is 0.222 e. The fraction of sp³-hybridized carbons (Fsp3) is 0.933. The Labute approximate surface area is 126 Å². The molecule has 18 heavy (non-hydrogen) atoms. The largest absolute Gasteiger partial charge is 0.349 e. The molecule has 0 bridgehead atoms. The topological polar surface area (TPSA) is 20.3 Å². The van der Waals surface area contributed by atoms with Crippen LogP contribution in [0, 0.1) is 5.92 Å². The Morgan fingerprint density at radius 3 is 2.06 bits per heavy atom. The summed E-state index contributed by atoms with van der Waals surface area (Å²) in [5, 5.41) is 0. The van der Waals surface area contributed by atoms with E-state index in [1.165, 1.54) is 51.4 Å². The van der Waals surface area contributed by atoms with E-state index in [0.29, 0.717) is 0 Å². The van der Waals surface area contributed by atoms with E-state index in [9.17, 15) is 4.79 Å². The molecule has 2 nitrogen and oxygen atoms in total. The molecule has 0 N–H and O–H groups in total. The third-order valence-electron chi connectivity index (χ3n) is 3.80. The van der Waals surface area contributed by atoms with Gasteiger partial charge in [-0.1, -0.05) is 61.1 Å². The van der Waals surface area contributed by atoms with Gasteiger partial charge in [-0.25, -0.2) is 0 Å². The molecule has 3 heteroatoms. The van der Waals surface area contributed by atoms with Crippen LogP contribution in [0.15, 0.2) is 0 Å². The van der Waals surface area contributed by atoms with E-state index in [0.717, 1.165) is 22.7 Å². The van der Waals surface area contributed by atoms with Gasteiger partial charge in [0.2, 0.25) is 5.91 Å². The van der Waals surface area contributed by atoms with Crippen LogP contribution in [-0.4, -0.2) is 28.8 Å². The van der Waals surface area contributed by atoms with E-state index >= 15 is 0 Å². The van der Waals surface area contributed by atoms with Crippen molar-refractivity contribution in [1.82, 2.24) is 4.90 Å². The van der Waals surface area contributed by atoms with Gasteiger partial charge in [0.15, 0.2) is 0 Å². The standard InChI is InChI=1S/C15H28INO/c1-17(2)15(18)11-9-7-5-3-4-6-8-10-13-12-14(13)16/h13-14H,3-12H2,1-2H3/t13-,14-/m1/s1. The van der Waals surface area contributed by atoms with E-state index in [-0.39, 0.29) is 5.91 Å². The number of unbranched alkanes of at least 4 members (excludes halogenated alkanes) is 6. The Kier molecular flexibility index (Phi) is 8.27. The highest BCUT2D eigenvalue weighted by Crippen LogP contribution is 2.41. The quantitative estimate of drug-likeness (QED) is 0.319. The molecule has 0 radical (unpaired) electrons. The lowest BCUT2D eigenvalue weighted by atomic mass is 10.1. The predicted molar refractivity (Wildman–Crippen MR) is 86.2 cm³/mol. The molecule has 2 atom stereocenters. The van der Waals surface area contributed by atoms with Crippen LogP contribution >= 0.6 is 22.6 Å².